The Morgan fingerprint density at radius 2 is 0.883 bits per heavy atom. The molecule has 0 bridgehead atoms. The van der Waals surface area contributed by atoms with E-state index < -0.39 is 5.41 Å². The Morgan fingerprint density at radius 3 is 1.63 bits per heavy atom. The van der Waals surface area contributed by atoms with Crippen LogP contribution in [-0.4, -0.2) is 9.97 Å². The normalized spacial score (nSPS) is 12.8. The van der Waals surface area contributed by atoms with Crippen LogP contribution in [0.15, 0.2) is 218 Å². The first kappa shape index (κ1) is 34.6. The van der Waals surface area contributed by atoms with Crippen molar-refractivity contribution < 1.29 is 0 Å². The molecule has 0 saturated carbocycles. The summed E-state index contributed by atoms with van der Waals surface area (Å²) in [5, 5.41) is 4.87. The zero-order chi connectivity index (χ0) is 39.6. The van der Waals surface area contributed by atoms with Gasteiger partial charge in [0.1, 0.15) is 0 Å². The van der Waals surface area contributed by atoms with Crippen molar-refractivity contribution in [2.75, 3.05) is 0 Å². The number of hydrogen-bond acceptors (Lipinski definition) is 3. The highest BCUT2D eigenvalue weighted by Gasteiger charge is 2.46. The Kier molecular flexibility index (Phi) is 7.97. The molecule has 2 nitrogen and oxygen atoms in total. The Labute approximate surface area is 352 Å². The molecular formula is C57H36N2S. The molecule has 12 rings (SSSR count). The van der Waals surface area contributed by atoms with E-state index in [1.807, 2.05) is 17.4 Å². The summed E-state index contributed by atoms with van der Waals surface area (Å²) < 4.78 is 2.52. The number of nitrogens with zero attached hydrogens (tertiary/aromatic N) is 2. The number of aromatic nitrogens is 2. The van der Waals surface area contributed by atoms with Gasteiger partial charge in [0.05, 0.1) is 16.8 Å². The first-order valence-electron chi connectivity index (χ1n) is 20.5. The number of benzene rings is 9. The van der Waals surface area contributed by atoms with Crippen molar-refractivity contribution in [1.29, 1.82) is 0 Å². The molecule has 1 aliphatic rings. The van der Waals surface area contributed by atoms with Crippen molar-refractivity contribution in [3.63, 3.8) is 0 Å². The third-order valence-corrected chi connectivity index (χ3v) is 13.6. The lowest BCUT2D eigenvalue weighted by Gasteiger charge is -2.33. The number of rotatable bonds is 6. The fraction of sp³-hybridized carbons (Fsp3) is 0.0175. The van der Waals surface area contributed by atoms with Crippen molar-refractivity contribution >= 4 is 42.3 Å². The van der Waals surface area contributed by atoms with Crippen molar-refractivity contribution in [2.45, 2.75) is 5.41 Å². The third-order valence-electron chi connectivity index (χ3n) is 12.4. The largest absolute Gasteiger partial charge is 0.228 e. The van der Waals surface area contributed by atoms with E-state index >= 15 is 0 Å². The topological polar surface area (TPSA) is 25.8 Å². The summed E-state index contributed by atoms with van der Waals surface area (Å²) in [5.41, 5.74) is 14.7. The summed E-state index contributed by atoms with van der Waals surface area (Å²) in [6.07, 6.45) is 0. The van der Waals surface area contributed by atoms with Crippen LogP contribution < -0.4 is 0 Å². The standard InChI is InChI=1S/C57H36N2S/c1-4-17-37(18-5-1)56-58-52(36-53(59-56)48-28-16-27-47-46-26-13-15-30-54(46)60-55(47)48)45-33-32-41(42-23-10-11-24-43(42)45)38-31-34-51-49(35-38)44-25-12-14-29-50(44)57(51,39-19-6-2-7-20-39)40-21-8-3-9-22-40/h1-36H. The maximum Gasteiger partial charge on any atom is 0.160 e. The van der Waals surface area contributed by atoms with Gasteiger partial charge in [-0.25, -0.2) is 9.97 Å². The van der Waals surface area contributed by atoms with Crippen LogP contribution in [0.3, 0.4) is 0 Å². The SMILES string of the molecule is c1ccc(-c2nc(-c3ccc(-c4ccc5c(c4)-c4ccccc4C5(c4ccccc4)c4ccccc4)c4ccccc34)cc(-c3cccc4c3sc3ccccc34)n2)cc1. The summed E-state index contributed by atoms with van der Waals surface area (Å²) in [6, 6.07) is 79.2. The highest BCUT2D eigenvalue weighted by atomic mass is 32.1. The van der Waals surface area contributed by atoms with Gasteiger partial charge in [-0.2, -0.15) is 0 Å². The number of thiophene rings is 1. The lowest BCUT2D eigenvalue weighted by atomic mass is 9.67. The molecule has 2 aromatic heterocycles. The summed E-state index contributed by atoms with van der Waals surface area (Å²) >= 11 is 1.83. The van der Waals surface area contributed by atoms with Gasteiger partial charge in [-0.15, -0.1) is 11.3 Å². The first-order chi connectivity index (χ1) is 29.8. The predicted molar refractivity (Wildman–Crippen MR) is 251 cm³/mol. The van der Waals surface area contributed by atoms with Crippen LogP contribution in [0, 0.1) is 0 Å². The zero-order valence-electron chi connectivity index (χ0n) is 32.6. The van der Waals surface area contributed by atoms with Crippen molar-refractivity contribution in [2.24, 2.45) is 0 Å². The highest BCUT2D eigenvalue weighted by molar-refractivity contribution is 7.26. The molecule has 280 valence electrons. The maximum absolute atomic E-state index is 5.31. The van der Waals surface area contributed by atoms with Crippen LogP contribution in [-0.2, 0) is 5.41 Å². The minimum absolute atomic E-state index is 0.430. The van der Waals surface area contributed by atoms with Gasteiger partial charge >= 0.3 is 0 Å². The van der Waals surface area contributed by atoms with Gasteiger partial charge in [-0.05, 0) is 73.5 Å². The molecule has 0 N–H and O–H groups in total. The molecule has 60 heavy (non-hydrogen) atoms. The Bertz CT molecular complexity index is 3380. The molecule has 0 amide bonds. The molecule has 0 aliphatic heterocycles. The predicted octanol–water partition coefficient (Wildman–Crippen LogP) is 15.0. The molecule has 0 radical (unpaired) electrons. The third kappa shape index (κ3) is 5.26. The number of fused-ring (bicyclic) bond motifs is 7. The van der Waals surface area contributed by atoms with E-state index in [0.717, 1.165) is 33.5 Å². The molecule has 0 saturated heterocycles. The van der Waals surface area contributed by atoms with Crippen molar-refractivity contribution in [3.05, 3.63) is 241 Å². The van der Waals surface area contributed by atoms with Gasteiger partial charge in [0.25, 0.3) is 0 Å². The van der Waals surface area contributed by atoms with E-state index in [4.69, 9.17) is 9.97 Å². The lowest BCUT2D eigenvalue weighted by molar-refractivity contribution is 0.768. The molecule has 0 atom stereocenters. The summed E-state index contributed by atoms with van der Waals surface area (Å²) in [6.45, 7) is 0. The molecule has 11 aromatic rings. The van der Waals surface area contributed by atoms with E-state index in [2.05, 4.69) is 212 Å². The second-order valence-corrected chi connectivity index (χ2v) is 16.7. The van der Waals surface area contributed by atoms with E-state index in [-0.39, 0.29) is 0 Å². The average Bonchev–Trinajstić information content (AvgIpc) is 3.86. The van der Waals surface area contributed by atoms with Gasteiger partial charge in [-0.3, -0.25) is 0 Å². The molecule has 0 unspecified atom stereocenters. The van der Waals surface area contributed by atoms with Crippen LogP contribution in [0.5, 0.6) is 0 Å². The summed E-state index contributed by atoms with van der Waals surface area (Å²) in [4.78, 5) is 10.6. The quantitative estimate of drug-likeness (QED) is 0.168. The Morgan fingerprint density at radius 1 is 0.333 bits per heavy atom. The van der Waals surface area contributed by atoms with Crippen molar-refractivity contribution in [3.8, 4) is 56.2 Å². The Hall–Kier alpha value is -7.46. The van der Waals surface area contributed by atoms with E-state index in [0.29, 0.717) is 5.82 Å². The average molecular weight is 781 g/mol. The second kappa shape index (κ2) is 13.8. The van der Waals surface area contributed by atoms with Gasteiger partial charge < -0.3 is 0 Å². The van der Waals surface area contributed by atoms with Gasteiger partial charge in [0.2, 0.25) is 0 Å². The highest BCUT2D eigenvalue weighted by Crippen LogP contribution is 2.57. The van der Waals surface area contributed by atoms with Crippen LogP contribution in [0.25, 0.3) is 87.1 Å². The molecule has 0 spiro atoms. The fourth-order valence-electron chi connectivity index (χ4n) is 9.78. The molecule has 2 heterocycles. The molecule has 1 aliphatic carbocycles. The van der Waals surface area contributed by atoms with E-state index in [1.54, 1.807) is 0 Å². The van der Waals surface area contributed by atoms with Crippen LogP contribution >= 0.6 is 11.3 Å². The minimum atomic E-state index is -0.430. The molecule has 3 heteroatoms. The Balaban J connectivity index is 1.05. The fourth-order valence-corrected chi connectivity index (χ4v) is 11.0. The summed E-state index contributed by atoms with van der Waals surface area (Å²) in [7, 11) is 0. The summed E-state index contributed by atoms with van der Waals surface area (Å²) in [5.74, 6) is 0.715. The van der Waals surface area contributed by atoms with Crippen molar-refractivity contribution in [1.82, 2.24) is 9.97 Å². The van der Waals surface area contributed by atoms with Gasteiger partial charge in [0.15, 0.2) is 5.82 Å². The molecule has 0 fully saturated rings. The second-order valence-electron chi connectivity index (χ2n) is 15.6. The van der Waals surface area contributed by atoms with Crippen LogP contribution in [0.1, 0.15) is 22.3 Å². The van der Waals surface area contributed by atoms with E-state index in [9.17, 15) is 0 Å². The molecular weight excluding hydrogens is 745 g/mol. The lowest BCUT2D eigenvalue weighted by Crippen LogP contribution is -2.28. The minimum Gasteiger partial charge on any atom is -0.228 e. The smallest absolute Gasteiger partial charge is 0.160 e. The first-order valence-corrected chi connectivity index (χ1v) is 21.3. The number of hydrogen-bond donors (Lipinski definition) is 0. The van der Waals surface area contributed by atoms with Gasteiger partial charge in [0, 0.05) is 36.9 Å². The molecule has 9 aromatic carbocycles. The van der Waals surface area contributed by atoms with Crippen LogP contribution in [0.4, 0.5) is 0 Å². The van der Waals surface area contributed by atoms with Crippen LogP contribution in [0.2, 0.25) is 0 Å². The maximum atomic E-state index is 5.31. The van der Waals surface area contributed by atoms with Gasteiger partial charge in [-0.1, -0.05) is 200 Å². The van der Waals surface area contributed by atoms with E-state index in [1.165, 1.54) is 70.1 Å². The monoisotopic (exact) mass is 780 g/mol. The zero-order valence-corrected chi connectivity index (χ0v) is 33.4.